The third-order valence-corrected chi connectivity index (χ3v) is 2.42. The van der Waals surface area contributed by atoms with Crippen molar-refractivity contribution < 1.29 is 0 Å². The molecule has 2 rings (SSSR count). The van der Waals surface area contributed by atoms with Crippen LogP contribution in [0.25, 0.3) is 10.9 Å². The van der Waals surface area contributed by atoms with E-state index in [0.29, 0.717) is 0 Å². The van der Waals surface area contributed by atoms with Crippen molar-refractivity contribution in [1.29, 1.82) is 0 Å². The standard InChI is InChI=1S/C11H12N2O/c1-7-4-9-6-12-8(2)5-10(9)13(3)11(7)14/h4-6H,1-3H3. The highest BCUT2D eigenvalue weighted by molar-refractivity contribution is 5.78. The van der Waals surface area contributed by atoms with Gasteiger partial charge in [-0.1, -0.05) is 0 Å². The lowest BCUT2D eigenvalue weighted by Gasteiger charge is -2.06. The minimum absolute atomic E-state index is 0.0584. The Balaban J connectivity index is 2.99. The molecule has 3 heteroatoms. The molecule has 2 aromatic rings. The van der Waals surface area contributed by atoms with E-state index in [1.165, 1.54) is 0 Å². The van der Waals surface area contributed by atoms with Crippen LogP contribution in [0.5, 0.6) is 0 Å². The van der Waals surface area contributed by atoms with Crippen molar-refractivity contribution in [2.45, 2.75) is 13.8 Å². The predicted octanol–water partition coefficient (Wildman–Crippen LogP) is 1.55. The molecule has 0 aromatic carbocycles. The fourth-order valence-electron chi connectivity index (χ4n) is 1.63. The van der Waals surface area contributed by atoms with Crippen molar-refractivity contribution >= 4 is 10.9 Å². The average molecular weight is 188 g/mol. The molecule has 72 valence electrons. The maximum atomic E-state index is 11.6. The normalized spacial score (nSPS) is 10.8. The van der Waals surface area contributed by atoms with E-state index in [1.54, 1.807) is 17.8 Å². The van der Waals surface area contributed by atoms with Crippen LogP contribution in [0, 0.1) is 13.8 Å². The third-order valence-electron chi connectivity index (χ3n) is 2.42. The largest absolute Gasteiger partial charge is 0.311 e. The van der Waals surface area contributed by atoms with Gasteiger partial charge in [-0.2, -0.15) is 0 Å². The van der Waals surface area contributed by atoms with Crippen LogP contribution in [0.3, 0.4) is 0 Å². The molecule has 0 amide bonds. The first-order chi connectivity index (χ1) is 6.59. The first kappa shape index (κ1) is 8.94. The van der Waals surface area contributed by atoms with Crippen LogP contribution in [0.15, 0.2) is 23.1 Å². The van der Waals surface area contributed by atoms with E-state index in [4.69, 9.17) is 0 Å². The Bertz CT molecular complexity index is 555. The van der Waals surface area contributed by atoms with Gasteiger partial charge in [0.2, 0.25) is 0 Å². The molecule has 2 aromatic heterocycles. The molecule has 0 fully saturated rings. The molecule has 0 spiro atoms. The number of fused-ring (bicyclic) bond motifs is 1. The molecule has 0 bridgehead atoms. The molecule has 0 radical (unpaired) electrons. The van der Waals surface area contributed by atoms with Crippen LogP contribution in [-0.4, -0.2) is 9.55 Å². The van der Waals surface area contributed by atoms with Crippen molar-refractivity contribution in [3.05, 3.63) is 39.9 Å². The minimum atomic E-state index is 0.0584. The first-order valence-corrected chi connectivity index (χ1v) is 4.52. The Morgan fingerprint density at radius 3 is 2.71 bits per heavy atom. The van der Waals surface area contributed by atoms with E-state index >= 15 is 0 Å². The number of aryl methyl sites for hydroxylation is 3. The molecule has 14 heavy (non-hydrogen) atoms. The zero-order chi connectivity index (χ0) is 10.3. The van der Waals surface area contributed by atoms with E-state index in [1.807, 2.05) is 26.0 Å². The number of rotatable bonds is 0. The van der Waals surface area contributed by atoms with Gasteiger partial charge in [0.25, 0.3) is 5.56 Å². The fourth-order valence-corrected chi connectivity index (χ4v) is 1.63. The maximum absolute atomic E-state index is 11.6. The lowest BCUT2D eigenvalue weighted by molar-refractivity contribution is 0.890. The molecule has 0 N–H and O–H groups in total. The summed E-state index contributed by atoms with van der Waals surface area (Å²) in [5.41, 5.74) is 2.68. The van der Waals surface area contributed by atoms with Crippen LogP contribution in [0.1, 0.15) is 11.3 Å². The topological polar surface area (TPSA) is 34.9 Å². The molecular formula is C11H12N2O. The molecule has 0 aliphatic rings. The lowest BCUT2D eigenvalue weighted by atomic mass is 10.2. The van der Waals surface area contributed by atoms with Crippen molar-refractivity contribution in [3.63, 3.8) is 0 Å². The second-order valence-corrected chi connectivity index (χ2v) is 3.58. The van der Waals surface area contributed by atoms with Crippen molar-refractivity contribution in [2.24, 2.45) is 7.05 Å². The van der Waals surface area contributed by atoms with Gasteiger partial charge in [-0.3, -0.25) is 9.78 Å². The molecule has 0 saturated heterocycles. The SMILES string of the molecule is Cc1cc2c(cn1)cc(C)c(=O)n2C. The minimum Gasteiger partial charge on any atom is -0.311 e. The highest BCUT2D eigenvalue weighted by Gasteiger charge is 2.03. The maximum Gasteiger partial charge on any atom is 0.253 e. The van der Waals surface area contributed by atoms with Crippen LogP contribution < -0.4 is 5.56 Å². The first-order valence-electron chi connectivity index (χ1n) is 4.52. The molecular weight excluding hydrogens is 176 g/mol. The Hall–Kier alpha value is -1.64. The summed E-state index contributed by atoms with van der Waals surface area (Å²) >= 11 is 0. The van der Waals surface area contributed by atoms with E-state index in [9.17, 15) is 4.79 Å². The molecule has 2 heterocycles. The van der Waals surface area contributed by atoms with Gasteiger partial charge in [-0.25, -0.2) is 0 Å². The van der Waals surface area contributed by atoms with E-state index < -0.39 is 0 Å². The summed E-state index contributed by atoms with van der Waals surface area (Å²) < 4.78 is 1.67. The van der Waals surface area contributed by atoms with Crippen LogP contribution >= 0.6 is 0 Å². The number of hydrogen-bond donors (Lipinski definition) is 0. The van der Waals surface area contributed by atoms with Crippen LogP contribution in [-0.2, 0) is 7.05 Å². The van der Waals surface area contributed by atoms with Gasteiger partial charge in [0.15, 0.2) is 0 Å². The van der Waals surface area contributed by atoms with Gasteiger partial charge in [-0.05, 0) is 26.0 Å². The summed E-state index contributed by atoms with van der Waals surface area (Å²) in [6.45, 7) is 3.74. The Labute approximate surface area is 82.0 Å². The highest BCUT2D eigenvalue weighted by Crippen LogP contribution is 2.12. The van der Waals surface area contributed by atoms with Crippen LogP contribution in [0.4, 0.5) is 0 Å². The molecule has 0 saturated carbocycles. The molecule has 3 nitrogen and oxygen atoms in total. The molecule has 0 aliphatic heterocycles. The van der Waals surface area contributed by atoms with Gasteiger partial charge in [0.1, 0.15) is 0 Å². The summed E-state index contributed by atoms with van der Waals surface area (Å²) in [6, 6.07) is 3.81. The van der Waals surface area contributed by atoms with Gasteiger partial charge < -0.3 is 4.57 Å². The number of aromatic nitrogens is 2. The monoisotopic (exact) mass is 188 g/mol. The van der Waals surface area contributed by atoms with E-state index in [2.05, 4.69) is 4.98 Å². The van der Waals surface area contributed by atoms with Gasteiger partial charge in [-0.15, -0.1) is 0 Å². The number of nitrogens with zero attached hydrogens (tertiary/aromatic N) is 2. The highest BCUT2D eigenvalue weighted by atomic mass is 16.1. The van der Waals surface area contributed by atoms with E-state index in [0.717, 1.165) is 22.2 Å². The smallest absolute Gasteiger partial charge is 0.253 e. The van der Waals surface area contributed by atoms with Crippen molar-refractivity contribution in [2.75, 3.05) is 0 Å². The fraction of sp³-hybridized carbons (Fsp3) is 0.273. The second-order valence-electron chi connectivity index (χ2n) is 3.58. The lowest BCUT2D eigenvalue weighted by Crippen LogP contribution is -2.19. The molecule has 0 atom stereocenters. The second kappa shape index (κ2) is 2.94. The summed E-state index contributed by atoms with van der Waals surface area (Å²) in [6.07, 6.45) is 1.80. The Morgan fingerprint density at radius 1 is 1.29 bits per heavy atom. The van der Waals surface area contributed by atoms with Crippen molar-refractivity contribution in [1.82, 2.24) is 9.55 Å². The van der Waals surface area contributed by atoms with Gasteiger partial charge in [0.05, 0.1) is 5.52 Å². The zero-order valence-corrected chi connectivity index (χ0v) is 8.53. The molecule has 0 unspecified atom stereocenters. The quantitative estimate of drug-likeness (QED) is 0.628. The van der Waals surface area contributed by atoms with Gasteiger partial charge in [0, 0.05) is 29.9 Å². The predicted molar refractivity (Wildman–Crippen MR) is 56.5 cm³/mol. The third kappa shape index (κ3) is 1.21. The summed E-state index contributed by atoms with van der Waals surface area (Å²) in [5, 5.41) is 1.01. The number of pyridine rings is 2. The van der Waals surface area contributed by atoms with Gasteiger partial charge >= 0.3 is 0 Å². The zero-order valence-electron chi connectivity index (χ0n) is 8.53. The molecule has 0 aliphatic carbocycles. The summed E-state index contributed by atoms with van der Waals surface area (Å²) in [7, 11) is 1.79. The summed E-state index contributed by atoms with van der Waals surface area (Å²) in [4.78, 5) is 15.8. The number of hydrogen-bond acceptors (Lipinski definition) is 2. The summed E-state index contributed by atoms with van der Waals surface area (Å²) in [5.74, 6) is 0. The Kier molecular flexibility index (Phi) is 1.88. The van der Waals surface area contributed by atoms with E-state index in [-0.39, 0.29) is 5.56 Å². The van der Waals surface area contributed by atoms with Crippen molar-refractivity contribution in [3.8, 4) is 0 Å². The van der Waals surface area contributed by atoms with Crippen LogP contribution in [0.2, 0.25) is 0 Å². The average Bonchev–Trinajstić information content (AvgIpc) is 2.16. The Morgan fingerprint density at radius 2 is 2.00 bits per heavy atom.